The molecule has 3 heterocycles. The second-order valence-electron chi connectivity index (χ2n) is 9.54. The van der Waals surface area contributed by atoms with Gasteiger partial charge in [-0.1, -0.05) is 11.3 Å². The maximum atomic E-state index is 6.49. The van der Waals surface area contributed by atoms with Gasteiger partial charge in [-0.15, -0.1) is 29.9 Å². The van der Waals surface area contributed by atoms with E-state index in [9.17, 15) is 0 Å². The lowest BCUT2D eigenvalue weighted by molar-refractivity contribution is -0.0375. The van der Waals surface area contributed by atoms with Crippen molar-refractivity contribution in [2.24, 2.45) is 17.8 Å². The van der Waals surface area contributed by atoms with Crippen LogP contribution in [0.1, 0.15) is 37.3 Å². The van der Waals surface area contributed by atoms with Gasteiger partial charge in [-0.3, -0.25) is 4.98 Å². The molecule has 7 nitrogen and oxygen atoms in total. The van der Waals surface area contributed by atoms with Gasteiger partial charge in [-0.05, 0) is 69.0 Å². The third-order valence-electron chi connectivity index (χ3n) is 7.11. The molecule has 2 aliphatic carbocycles. The summed E-state index contributed by atoms with van der Waals surface area (Å²) in [6.45, 7) is 7.55. The predicted molar refractivity (Wildman–Crippen MR) is 131 cm³/mol. The number of likely N-dealkylation sites (N-methyl/N-ethyl adjacent to an activating group) is 1. The summed E-state index contributed by atoms with van der Waals surface area (Å²) in [5.74, 6) is 2.24. The highest BCUT2D eigenvalue weighted by Crippen LogP contribution is 2.43. The zero-order valence-electron chi connectivity index (χ0n) is 19.0. The molecular weight excluding hydrogens is 447 g/mol. The maximum absolute atomic E-state index is 6.49. The number of likely N-dealkylation sites (tertiary alicyclic amines) is 1. The van der Waals surface area contributed by atoms with Gasteiger partial charge in [0.25, 0.3) is 0 Å². The Kier molecular flexibility index (Phi) is 8.92. The van der Waals surface area contributed by atoms with Crippen LogP contribution in [0.5, 0.6) is 0 Å². The summed E-state index contributed by atoms with van der Waals surface area (Å²) in [5.41, 5.74) is 2.89. The van der Waals surface area contributed by atoms with Gasteiger partial charge in [-0.25, -0.2) is 4.68 Å². The summed E-state index contributed by atoms with van der Waals surface area (Å²) in [5, 5.41) is 12.3. The molecule has 2 aromatic heterocycles. The molecular formula is C23H36Cl2N6O. The standard InChI is InChI=1S/C23H34N6O.2ClH/c1-16-3-6-20(25-11-16)21-14-29(27-26-21)22-9-18-12-28(8-7-24-2)13-19(18)10-23(22)30-15-17-4-5-17;;/h3,6,11,14,17-19,22-24H,4-5,7-10,12-13,15H2,1-2H3;2*1H/t18-,19+,22-,23-;;/m1../s1. The molecule has 2 saturated carbocycles. The topological polar surface area (TPSA) is 68.1 Å². The highest BCUT2D eigenvalue weighted by molar-refractivity contribution is 5.85. The normalized spacial score (nSPS) is 27.4. The fraction of sp³-hybridized carbons (Fsp3) is 0.696. The van der Waals surface area contributed by atoms with Crippen molar-refractivity contribution >= 4 is 24.8 Å². The highest BCUT2D eigenvalue weighted by Gasteiger charge is 2.44. The molecule has 2 aromatic rings. The zero-order valence-corrected chi connectivity index (χ0v) is 20.7. The van der Waals surface area contributed by atoms with Crippen molar-refractivity contribution in [1.29, 1.82) is 0 Å². The van der Waals surface area contributed by atoms with Crippen LogP contribution >= 0.6 is 24.8 Å². The Hall–Kier alpha value is -1.25. The van der Waals surface area contributed by atoms with Gasteiger partial charge in [0.1, 0.15) is 5.69 Å². The van der Waals surface area contributed by atoms with Crippen molar-refractivity contribution in [3.05, 3.63) is 30.1 Å². The Morgan fingerprint density at radius 3 is 2.56 bits per heavy atom. The molecule has 1 saturated heterocycles. The molecule has 1 N–H and O–H groups in total. The fourth-order valence-electron chi connectivity index (χ4n) is 5.12. The van der Waals surface area contributed by atoms with E-state index in [0.717, 1.165) is 67.2 Å². The summed E-state index contributed by atoms with van der Waals surface area (Å²) < 4.78 is 8.56. The first-order valence-corrected chi connectivity index (χ1v) is 11.5. The second-order valence-corrected chi connectivity index (χ2v) is 9.54. The van der Waals surface area contributed by atoms with E-state index in [4.69, 9.17) is 4.74 Å². The number of hydrogen-bond donors (Lipinski definition) is 1. The van der Waals surface area contributed by atoms with Crippen molar-refractivity contribution in [2.75, 3.05) is 39.8 Å². The molecule has 0 amide bonds. The quantitative estimate of drug-likeness (QED) is 0.621. The molecule has 178 valence electrons. The number of nitrogens with zero attached hydrogens (tertiary/aromatic N) is 5. The van der Waals surface area contributed by atoms with E-state index in [1.54, 1.807) is 0 Å². The first-order valence-electron chi connectivity index (χ1n) is 11.5. The first-order chi connectivity index (χ1) is 14.7. The lowest BCUT2D eigenvalue weighted by Crippen LogP contribution is -2.38. The van der Waals surface area contributed by atoms with Crippen LogP contribution in [-0.4, -0.2) is 70.8 Å². The molecule has 4 atom stereocenters. The van der Waals surface area contributed by atoms with E-state index in [0.29, 0.717) is 0 Å². The van der Waals surface area contributed by atoms with Crippen LogP contribution in [0.25, 0.3) is 11.4 Å². The van der Waals surface area contributed by atoms with Crippen molar-refractivity contribution in [1.82, 2.24) is 30.2 Å². The molecule has 0 bridgehead atoms. The third-order valence-corrected chi connectivity index (χ3v) is 7.11. The molecule has 0 radical (unpaired) electrons. The van der Waals surface area contributed by atoms with E-state index in [-0.39, 0.29) is 37.0 Å². The van der Waals surface area contributed by atoms with E-state index >= 15 is 0 Å². The van der Waals surface area contributed by atoms with Gasteiger partial charge >= 0.3 is 0 Å². The largest absolute Gasteiger partial charge is 0.376 e. The van der Waals surface area contributed by atoms with Gasteiger partial charge in [-0.2, -0.15) is 0 Å². The summed E-state index contributed by atoms with van der Waals surface area (Å²) >= 11 is 0. The minimum Gasteiger partial charge on any atom is -0.376 e. The summed E-state index contributed by atoms with van der Waals surface area (Å²) in [6, 6.07) is 4.37. The Morgan fingerprint density at radius 2 is 1.88 bits per heavy atom. The SMILES string of the molecule is CNCCN1C[C@H]2C[C@@H](n3cc(-c4ccc(C)cn4)nn3)[C@H](OCC3CC3)C[C@H]2C1.Cl.Cl. The number of hydrogen-bond acceptors (Lipinski definition) is 6. The van der Waals surface area contributed by atoms with Crippen molar-refractivity contribution < 1.29 is 4.74 Å². The Labute approximate surface area is 203 Å². The molecule has 0 spiro atoms. The lowest BCUT2D eigenvalue weighted by Gasteiger charge is -2.37. The summed E-state index contributed by atoms with van der Waals surface area (Å²) in [6.07, 6.45) is 9.11. The number of rotatable bonds is 8. The molecule has 5 rings (SSSR count). The molecule has 0 aromatic carbocycles. The number of nitrogens with one attached hydrogen (secondary N) is 1. The van der Waals surface area contributed by atoms with Crippen LogP contribution in [0.15, 0.2) is 24.5 Å². The van der Waals surface area contributed by atoms with E-state index < -0.39 is 0 Å². The summed E-state index contributed by atoms with van der Waals surface area (Å²) in [4.78, 5) is 7.15. The van der Waals surface area contributed by atoms with Crippen molar-refractivity contribution in [2.45, 2.75) is 44.8 Å². The average Bonchev–Trinajstić information content (AvgIpc) is 3.30. The van der Waals surface area contributed by atoms with E-state index in [1.165, 1.54) is 25.9 Å². The number of pyridine rings is 1. The minimum atomic E-state index is 0. The second kappa shape index (κ2) is 11.3. The smallest absolute Gasteiger partial charge is 0.131 e. The maximum Gasteiger partial charge on any atom is 0.131 e. The van der Waals surface area contributed by atoms with Gasteiger partial charge in [0.15, 0.2) is 0 Å². The number of aryl methyl sites for hydroxylation is 1. The van der Waals surface area contributed by atoms with Crippen molar-refractivity contribution in [3.8, 4) is 11.4 Å². The Bertz CT molecular complexity index is 843. The lowest BCUT2D eigenvalue weighted by atomic mass is 9.77. The molecule has 0 unspecified atom stereocenters. The van der Waals surface area contributed by atoms with Gasteiger partial charge in [0.05, 0.1) is 24.0 Å². The van der Waals surface area contributed by atoms with Crippen LogP contribution in [0.4, 0.5) is 0 Å². The highest BCUT2D eigenvalue weighted by atomic mass is 35.5. The third kappa shape index (κ3) is 5.81. The zero-order chi connectivity index (χ0) is 20.5. The van der Waals surface area contributed by atoms with Gasteiger partial charge in [0.2, 0.25) is 0 Å². The van der Waals surface area contributed by atoms with Crippen molar-refractivity contribution in [3.63, 3.8) is 0 Å². The van der Waals surface area contributed by atoms with Crippen LogP contribution < -0.4 is 5.32 Å². The van der Waals surface area contributed by atoms with E-state index in [2.05, 4.69) is 49.4 Å². The number of halogens is 2. The number of ether oxygens (including phenoxy) is 1. The molecule has 3 fully saturated rings. The van der Waals surface area contributed by atoms with Gasteiger partial charge < -0.3 is 15.0 Å². The van der Waals surface area contributed by atoms with E-state index in [1.807, 2.05) is 19.3 Å². The molecule has 1 aliphatic heterocycles. The Morgan fingerprint density at radius 1 is 1.09 bits per heavy atom. The first kappa shape index (κ1) is 25.4. The van der Waals surface area contributed by atoms with Crippen LogP contribution in [-0.2, 0) is 4.74 Å². The monoisotopic (exact) mass is 482 g/mol. The molecule has 3 aliphatic rings. The predicted octanol–water partition coefficient (Wildman–Crippen LogP) is 3.39. The van der Waals surface area contributed by atoms with Crippen LogP contribution in [0.3, 0.4) is 0 Å². The number of aromatic nitrogens is 4. The van der Waals surface area contributed by atoms with Crippen LogP contribution in [0.2, 0.25) is 0 Å². The van der Waals surface area contributed by atoms with Gasteiger partial charge in [0, 0.05) is 39.0 Å². The molecule has 32 heavy (non-hydrogen) atoms. The Balaban J connectivity index is 0.00000144. The summed E-state index contributed by atoms with van der Waals surface area (Å²) in [7, 11) is 2.03. The number of fused-ring (bicyclic) bond motifs is 1. The molecule has 9 heteroatoms. The average molecular weight is 483 g/mol. The van der Waals surface area contributed by atoms with Crippen LogP contribution in [0, 0.1) is 24.7 Å². The fourth-order valence-corrected chi connectivity index (χ4v) is 5.12. The minimum absolute atomic E-state index is 0.